The Morgan fingerprint density at radius 2 is 2.11 bits per heavy atom. The quantitative estimate of drug-likeness (QED) is 0.862. The maximum Gasteiger partial charge on any atom is 0.229 e. The lowest BCUT2D eigenvalue weighted by Crippen LogP contribution is -2.30. The molecule has 0 aromatic carbocycles. The van der Waals surface area contributed by atoms with E-state index in [9.17, 15) is 4.79 Å². The highest BCUT2D eigenvalue weighted by atomic mass is 16.2. The molecule has 1 aromatic rings. The molecule has 0 saturated heterocycles. The van der Waals surface area contributed by atoms with Gasteiger partial charge < -0.3 is 10.6 Å². The van der Waals surface area contributed by atoms with Gasteiger partial charge in [0.05, 0.1) is 11.6 Å². The minimum Gasteiger partial charge on any atom is -0.368 e. The first kappa shape index (κ1) is 13.9. The lowest BCUT2D eigenvalue weighted by Gasteiger charge is -2.24. The molecule has 1 amide bonds. The molecule has 1 unspecified atom stereocenters. The molecule has 1 atom stereocenters. The fourth-order valence-corrected chi connectivity index (χ4v) is 2.60. The summed E-state index contributed by atoms with van der Waals surface area (Å²) in [6, 6.07) is 0. The second-order valence-corrected chi connectivity index (χ2v) is 6.48. The number of hydrogen-bond donors (Lipinski definition) is 2. The van der Waals surface area contributed by atoms with E-state index in [1.54, 1.807) is 0 Å². The number of aryl methyl sites for hydroxylation is 2. The Bertz CT molecular complexity index is 484. The zero-order valence-electron chi connectivity index (χ0n) is 12.5. The first-order valence-electron chi connectivity index (χ1n) is 6.92. The van der Waals surface area contributed by atoms with Gasteiger partial charge in [-0.15, -0.1) is 0 Å². The van der Waals surface area contributed by atoms with Gasteiger partial charge in [-0.25, -0.2) is 0 Å². The topological polar surface area (TPSA) is 59.0 Å². The summed E-state index contributed by atoms with van der Waals surface area (Å²) in [5.41, 5.74) is 1.94. The van der Waals surface area contributed by atoms with E-state index < -0.39 is 0 Å². The van der Waals surface area contributed by atoms with Crippen molar-refractivity contribution in [1.29, 1.82) is 0 Å². The third-order valence-corrected chi connectivity index (χ3v) is 3.45. The number of amides is 1. The largest absolute Gasteiger partial charge is 0.368 e. The summed E-state index contributed by atoms with van der Waals surface area (Å²) in [7, 11) is 1.90. The van der Waals surface area contributed by atoms with Crippen molar-refractivity contribution < 1.29 is 4.79 Å². The van der Waals surface area contributed by atoms with Crippen LogP contribution in [0.2, 0.25) is 0 Å². The van der Waals surface area contributed by atoms with Crippen LogP contribution in [-0.4, -0.2) is 22.2 Å². The number of hydrogen-bond acceptors (Lipinski definition) is 3. The van der Waals surface area contributed by atoms with Crippen LogP contribution in [0, 0.1) is 11.3 Å². The van der Waals surface area contributed by atoms with Crippen molar-refractivity contribution in [3.8, 4) is 0 Å². The minimum absolute atomic E-state index is 0.00268. The molecule has 1 aliphatic rings. The number of aromatic nitrogens is 2. The van der Waals surface area contributed by atoms with Crippen LogP contribution in [0.1, 0.15) is 39.8 Å². The minimum atomic E-state index is -0.00268. The summed E-state index contributed by atoms with van der Waals surface area (Å²) >= 11 is 0. The van der Waals surface area contributed by atoms with Crippen LogP contribution in [0.5, 0.6) is 0 Å². The van der Waals surface area contributed by atoms with Crippen molar-refractivity contribution in [3.05, 3.63) is 5.69 Å². The van der Waals surface area contributed by atoms with Gasteiger partial charge in [0.25, 0.3) is 0 Å². The van der Waals surface area contributed by atoms with Crippen LogP contribution in [0.4, 0.5) is 11.5 Å². The van der Waals surface area contributed by atoms with E-state index in [4.69, 9.17) is 0 Å². The molecular weight excluding hydrogens is 240 g/mol. The summed E-state index contributed by atoms with van der Waals surface area (Å²) in [4.78, 5) is 12.3. The molecule has 19 heavy (non-hydrogen) atoms. The first-order chi connectivity index (χ1) is 8.81. The van der Waals surface area contributed by atoms with E-state index in [0.717, 1.165) is 30.0 Å². The van der Waals surface area contributed by atoms with Gasteiger partial charge >= 0.3 is 0 Å². The third-order valence-electron chi connectivity index (χ3n) is 3.45. The highest BCUT2D eigenvalue weighted by molar-refractivity contribution is 5.97. The van der Waals surface area contributed by atoms with Gasteiger partial charge in [0.15, 0.2) is 0 Å². The zero-order chi connectivity index (χ0) is 14.2. The number of nitrogens with one attached hydrogen (secondary N) is 2. The van der Waals surface area contributed by atoms with Crippen molar-refractivity contribution in [2.75, 3.05) is 17.2 Å². The van der Waals surface area contributed by atoms with Crippen LogP contribution < -0.4 is 10.6 Å². The van der Waals surface area contributed by atoms with Crippen molar-refractivity contribution >= 4 is 17.4 Å². The second kappa shape index (κ2) is 4.87. The van der Waals surface area contributed by atoms with Gasteiger partial charge in [-0.3, -0.25) is 9.48 Å². The summed E-state index contributed by atoms with van der Waals surface area (Å²) < 4.78 is 1.81. The highest BCUT2D eigenvalue weighted by Gasteiger charge is 2.30. The first-order valence-corrected chi connectivity index (χ1v) is 6.92. The standard InChI is InChI=1S/C14H24N4O/c1-6-10-11-12(18(5)17-10)15-8-9(13(19)16-11)7-14(2,3)4/h9,15H,6-8H2,1-5H3,(H,16,19). The van der Waals surface area contributed by atoms with E-state index in [0.29, 0.717) is 6.54 Å². The van der Waals surface area contributed by atoms with Crippen LogP contribution in [0.3, 0.4) is 0 Å². The average Bonchev–Trinajstić information content (AvgIpc) is 2.49. The predicted octanol–water partition coefficient (Wildman–Crippen LogP) is 2.40. The fraction of sp³-hybridized carbons (Fsp3) is 0.714. The molecule has 0 saturated carbocycles. The molecule has 1 aromatic heterocycles. The van der Waals surface area contributed by atoms with Gasteiger partial charge in [0.2, 0.25) is 5.91 Å². The number of rotatable bonds is 2. The lowest BCUT2D eigenvalue weighted by molar-refractivity contribution is -0.120. The summed E-state index contributed by atoms with van der Waals surface area (Å²) in [5.74, 6) is 1.02. The Morgan fingerprint density at radius 1 is 1.42 bits per heavy atom. The third kappa shape index (κ3) is 2.91. The van der Waals surface area contributed by atoms with E-state index in [-0.39, 0.29) is 17.2 Å². The molecule has 5 nitrogen and oxygen atoms in total. The lowest BCUT2D eigenvalue weighted by atomic mass is 9.84. The molecule has 5 heteroatoms. The van der Waals surface area contributed by atoms with Gasteiger partial charge in [-0.05, 0) is 18.3 Å². The van der Waals surface area contributed by atoms with Gasteiger partial charge in [0.1, 0.15) is 11.5 Å². The van der Waals surface area contributed by atoms with E-state index in [1.807, 2.05) is 18.7 Å². The summed E-state index contributed by atoms with van der Waals surface area (Å²) in [6.07, 6.45) is 1.68. The molecule has 0 fully saturated rings. The number of carbonyl (C=O) groups excluding carboxylic acids is 1. The number of nitrogens with zero attached hydrogens (tertiary/aromatic N) is 2. The maximum absolute atomic E-state index is 12.3. The monoisotopic (exact) mass is 264 g/mol. The Morgan fingerprint density at radius 3 is 2.68 bits per heavy atom. The molecule has 0 bridgehead atoms. The van der Waals surface area contributed by atoms with Crippen LogP contribution >= 0.6 is 0 Å². The highest BCUT2D eigenvalue weighted by Crippen LogP contribution is 2.32. The normalized spacial score (nSPS) is 19.4. The Labute approximate surface area is 114 Å². The Balaban J connectivity index is 2.24. The van der Waals surface area contributed by atoms with Crippen molar-refractivity contribution in [3.63, 3.8) is 0 Å². The summed E-state index contributed by atoms with van der Waals surface area (Å²) in [5, 5.41) is 10.8. The molecule has 0 aliphatic carbocycles. The molecule has 106 valence electrons. The van der Waals surface area contributed by atoms with Crippen molar-refractivity contribution in [1.82, 2.24) is 9.78 Å². The fourth-order valence-electron chi connectivity index (χ4n) is 2.60. The number of anilines is 2. The maximum atomic E-state index is 12.3. The second-order valence-electron chi connectivity index (χ2n) is 6.48. The number of carbonyl (C=O) groups is 1. The smallest absolute Gasteiger partial charge is 0.229 e. The van der Waals surface area contributed by atoms with Crippen LogP contribution in [0.15, 0.2) is 0 Å². The molecule has 2 N–H and O–H groups in total. The van der Waals surface area contributed by atoms with Gasteiger partial charge in [0, 0.05) is 13.6 Å². The molecular formula is C14H24N4O. The zero-order valence-corrected chi connectivity index (χ0v) is 12.5. The van der Waals surface area contributed by atoms with Crippen molar-refractivity contribution in [2.24, 2.45) is 18.4 Å². The molecule has 1 aliphatic heterocycles. The Kier molecular flexibility index (Phi) is 3.56. The SMILES string of the molecule is CCc1nn(C)c2c1NC(=O)C(CC(C)(C)C)CN2. The van der Waals surface area contributed by atoms with Crippen LogP contribution in [0.25, 0.3) is 0 Å². The number of fused-ring (bicyclic) bond motifs is 1. The molecule has 0 radical (unpaired) electrons. The van der Waals surface area contributed by atoms with E-state index in [2.05, 4.69) is 36.5 Å². The average molecular weight is 264 g/mol. The van der Waals surface area contributed by atoms with Gasteiger partial charge in [-0.1, -0.05) is 27.7 Å². The molecule has 2 rings (SSSR count). The summed E-state index contributed by atoms with van der Waals surface area (Å²) in [6.45, 7) is 9.21. The Hall–Kier alpha value is -1.52. The predicted molar refractivity (Wildman–Crippen MR) is 77.3 cm³/mol. The van der Waals surface area contributed by atoms with E-state index >= 15 is 0 Å². The van der Waals surface area contributed by atoms with Crippen molar-refractivity contribution in [2.45, 2.75) is 40.5 Å². The molecule has 0 spiro atoms. The van der Waals surface area contributed by atoms with Gasteiger partial charge in [-0.2, -0.15) is 5.10 Å². The molecule has 2 heterocycles. The van der Waals surface area contributed by atoms with E-state index in [1.165, 1.54) is 0 Å². The van der Waals surface area contributed by atoms with Crippen LogP contribution in [-0.2, 0) is 18.3 Å².